The zero-order chi connectivity index (χ0) is 15.9. The van der Waals surface area contributed by atoms with Gasteiger partial charge in [0, 0.05) is 12.7 Å². The summed E-state index contributed by atoms with van der Waals surface area (Å²) in [5, 5.41) is 4.70. The van der Waals surface area contributed by atoms with E-state index in [9.17, 15) is 13.2 Å². The van der Waals surface area contributed by atoms with Crippen molar-refractivity contribution < 1.29 is 13.2 Å². The maximum absolute atomic E-state index is 12.4. The molecule has 0 rings (SSSR count). The van der Waals surface area contributed by atoms with Gasteiger partial charge in [0.1, 0.15) is 5.71 Å². The third kappa shape index (κ3) is 6.41. The second-order valence-corrected chi connectivity index (χ2v) is 4.39. The standard InChI is InChI=1S/C15H21F3N2/c1-7-8-11(2)12(3)9-10-13(4)20(6)19-14(5)15(16,17)18/h7-10H,2H2,1,3-6H3. The molecule has 0 saturated heterocycles. The van der Waals surface area contributed by atoms with E-state index >= 15 is 0 Å². The van der Waals surface area contributed by atoms with Crippen molar-refractivity contribution in [3.63, 3.8) is 0 Å². The quantitative estimate of drug-likeness (QED) is 0.401. The number of alkyl halides is 3. The Kier molecular flexibility index (Phi) is 7.04. The van der Waals surface area contributed by atoms with Crippen molar-refractivity contribution in [1.82, 2.24) is 5.01 Å². The Morgan fingerprint density at radius 1 is 1.15 bits per heavy atom. The van der Waals surface area contributed by atoms with Crippen LogP contribution in [0.1, 0.15) is 27.7 Å². The van der Waals surface area contributed by atoms with Gasteiger partial charge in [0.25, 0.3) is 0 Å². The smallest absolute Gasteiger partial charge is 0.273 e. The average Bonchev–Trinajstić information content (AvgIpc) is 2.34. The Hall–Kier alpha value is -1.78. The van der Waals surface area contributed by atoms with Crippen LogP contribution < -0.4 is 0 Å². The molecule has 0 aliphatic carbocycles. The van der Waals surface area contributed by atoms with E-state index in [1.165, 1.54) is 12.1 Å². The van der Waals surface area contributed by atoms with Crippen LogP contribution in [0.15, 0.2) is 52.8 Å². The predicted octanol–water partition coefficient (Wildman–Crippen LogP) is 4.84. The van der Waals surface area contributed by atoms with Gasteiger partial charge in [0.15, 0.2) is 0 Å². The minimum Gasteiger partial charge on any atom is -0.273 e. The highest BCUT2D eigenvalue weighted by molar-refractivity contribution is 5.87. The van der Waals surface area contributed by atoms with Crippen LogP contribution in [0.4, 0.5) is 13.2 Å². The first-order valence-corrected chi connectivity index (χ1v) is 6.12. The first-order valence-electron chi connectivity index (χ1n) is 6.12. The van der Waals surface area contributed by atoms with Crippen LogP contribution in [0, 0.1) is 0 Å². The minimum absolute atomic E-state index is 0.598. The predicted molar refractivity (Wildman–Crippen MR) is 78.4 cm³/mol. The highest BCUT2D eigenvalue weighted by Gasteiger charge is 2.32. The lowest BCUT2D eigenvalue weighted by Crippen LogP contribution is -2.23. The monoisotopic (exact) mass is 286 g/mol. The molecule has 0 fully saturated rings. The first-order chi connectivity index (χ1) is 9.09. The maximum atomic E-state index is 12.4. The SMILES string of the molecule is C=C(C=CC)C(C)=CC=C(C)N(C)N=C(C)C(F)(F)F. The number of allylic oxidation sites excluding steroid dienone is 7. The second-order valence-electron chi connectivity index (χ2n) is 4.39. The van der Waals surface area contributed by atoms with E-state index in [0.717, 1.165) is 18.1 Å². The van der Waals surface area contributed by atoms with Crippen LogP contribution in [0.2, 0.25) is 0 Å². The molecule has 20 heavy (non-hydrogen) atoms. The molecule has 0 aromatic carbocycles. The second kappa shape index (κ2) is 7.72. The van der Waals surface area contributed by atoms with Crippen molar-refractivity contribution in [2.24, 2.45) is 5.10 Å². The van der Waals surface area contributed by atoms with E-state index in [0.29, 0.717) is 5.70 Å². The summed E-state index contributed by atoms with van der Waals surface area (Å²) in [6, 6.07) is 0. The molecule has 2 nitrogen and oxygen atoms in total. The van der Waals surface area contributed by atoms with Gasteiger partial charge in [0.2, 0.25) is 0 Å². The van der Waals surface area contributed by atoms with E-state index < -0.39 is 11.9 Å². The molecule has 0 aromatic rings. The third-order valence-corrected chi connectivity index (χ3v) is 2.67. The van der Waals surface area contributed by atoms with E-state index in [4.69, 9.17) is 0 Å². The normalized spacial score (nSPS) is 14.9. The maximum Gasteiger partial charge on any atom is 0.430 e. The lowest BCUT2D eigenvalue weighted by Gasteiger charge is -2.15. The van der Waals surface area contributed by atoms with Crippen LogP contribution in [0.3, 0.4) is 0 Å². The molecule has 0 aromatic heterocycles. The van der Waals surface area contributed by atoms with E-state index in [1.54, 1.807) is 19.1 Å². The molecule has 0 heterocycles. The molecule has 0 bridgehead atoms. The van der Waals surface area contributed by atoms with Gasteiger partial charge in [-0.1, -0.05) is 24.8 Å². The van der Waals surface area contributed by atoms with E-state index in [1.807, 2.05) is 26.0 Å². The Morgan fingerprint density at radius 3 is 2.15 bits per heavy atom. The lowest BCUT2D eigenvalue weighted by atomic mass is 10.1. The summed E-state index contributed by atoms with van der Waals surface area (Å²) in [6.07, 6.45) is 2.84. The van der Waals surface area contributed by atoms with Crippen LogP contribution in [0.25, 0.3) is 0 Å². The van der Waals surface area contributed by atoms with Gasteiger partial charge in [0.05, 0.1) is 0 Å². The van der Waals surface area contributed by atoms with Crippen LogP contribution in [0.5, 0.6) is 0 Å². The molecule has 0 N–H and O–H groups in total. The highest BCUT2D eigenvalue weighted by Crippen LogP contribution is 2.18. The Morgan fingerprint density at radius 2 is 1.70 bits per heavy atom. The van der Waals surface area contributed by atoms with E-state index in [-0.39, 0.29) is 0 Å². The Balaban J connectivity index is 5.00. The Bertz CT molecular complexity index is 466. The summed E-state index contributed by atoms with van der Waals surface area (Å²) in [7, 11) is 1.48. The van der Waals surface area contributed by atoms with Crippen molar-refractivity contribution in [3.8, 4) is 0 Å². The fourth-order valence-electron chi connectivity index (χ4n) is 1.15. The topological polar surface area (TPSA) is 15.6 Å². The molecule has 5 heteroatoms. The number of halogens is 3. The van der Waals surface area contributed by atoms with Gasteiger partial charge < -0.3 is 0 Å². The van der Waals surface area contributed by atoms with Crippen molar-refractivity contribution >= 4 is 5.71 Å². The van der Waals surface area contributed by atoms with Crippen molar-refractivity contribution in [2.75, 3.05) is 7.05 Å². The van der Waals surface area contributed by atoms with Gasteiger partial charge >= 0.3 is 6.18 Å². The average molecular weight is 286 g/mol. The van der Waals surface area contributed by atoms with Crippen LogP contribution in [-0.4, -0.2) is 23.9 Å². The molecule has 0 spiro atoms. The van der Waals surface area contributed by atoms with Gasteiger partial charge in [-0.25, -0.2) is 0 Å². The molecule has 112 valence electrons. The molecule has 0 saturated carbocycles. The number of rotatable bonds is 5. The summed E-state index contributed by atoms with van der Waals surface area (Å²) >= 11 is 0. The lowest BCUT2D eigenvalue weighted by molar-refractivity contribution is -0.0603. The largest absolute Gasteiger partial charge is 0.430 e. The number of hydrazone groups is 1. The molecule has 0 atom stereocenters. The molecule has 0 amide bonds. The summed E-state index contributed by atoms with van der Waals surface area (Å²) in [6.45, 7) is 10.3. The molecule has 0 aliphatic heterocycles. The van der Waals surface area contributed by atoms with Crippen LogP contribution >= 0.6 is 0 Å². The van der Waals surface area contributed by atoms with Gasteiger partial charge in [-0.3, -0.25) is 5.01 Å². The van der Waals surface area contributed by atoms with Gasteiger partial charge in [-0.2, -0.15) is 18.3 Å². The number of hydrogen-bond donors (Lipinski definition) is 0. The fraction of sp³-hybridized carbons (Fsp3) is 0.400. The summed E-state index contributed by atoms with van der Waals surface area (Å²) in [5.74, 6) is 0. The molecule has 0 unspecified atom stereocenters. The molecule has 0 aliphatic rings. The van der Waals surface area contributed by atoms with Crippen molar-refractivity contribution in [3.05, 3.63) is 47.7 Å². The number of hydrogen-bond acceptors (Lipinski definition) is 2. The third-order valence-electron chi connectivity index (χ3n) is 2.67. The van der Waals surface area contributed by atoms with E-state index in [2.05, 4.69) is 11.7 Å². The zero-order valence-electron chi connectivity index (χ0n) is 12.5. The minimum atomic E-state index is -4.40. The van der Waals surface area contributed by atoms with Crippen molar-refractivity contribution in [1.29, 1.82) is 0 Å². The fourth-order valence-corrected chi connectivity index (χ4v) is 1.15. The van der Waals surface area contributed by atoms with Crippen LogP contribution in [-0.2, 0) is 0 Å². The highest BCUT2D eigenvalue weighted by atomic mass is 19.4. The van der Waals surface area contributed by atoms with Crippen molar-refractivity contribution in [2.45, 2.75) is 33.9 Å². The molecular formula is C15H21F3N2. The van der Waals surface area contributed by atoms with Gasteiger partial charge in [-0.15, -0.1) is 0 Å². The number of nitrogens with zero attached hydrogens (tertiary/aromatic N) is 2. The summed E-state index contributed by atoms with van der Waals surface area (Å²) < 4.78 is 37.1. The first kappa shape index (κ1) is 18.2. The zero-order valence-corrected chi connectivity index (χ0v) is 12.5. The summed E-state index contributed by atoms with van der Waals surface area (Å²) in [4.78, 5) is 0. The van der Waals surface area contributed by atoms with Gasteiger partial charge in [-0.05, 0) is 44.9 Å². The molecular weight excluding hydrogens is 265 g/mol. The molecule has 0 radical (unpaired) electrons. The summed E-state index contributed by atoms with van der Waals surface area (Å²) in [5.41, 5.74) is 1.51. The Labute approximate surface area is 118 Å².